The third-order valence-electron chi connectivity index (χ3n) is 8.59. The molecular formula is C27H29F2N7. The van der Waals surface area contributed by atoms with Gasteiger partial charge in [0.05, 0.1) is 0 Å². The van der Waals surface area contributed by atoms with Crippen LogP contribution in [-0.2, 0) is 6.54 Å². The molecular weight excluding hydrogens is 460 g/mol. The number of aromatic amines is 2. The van der Waals surface area contributed by atoms with Crippen molar-refractivity contribution in [1.29, 1.82) is 0 Å². The van der Waals surface area contributed by atoms with Gasteiger partial charge in [0, 0.05) is 48.7 Å². The summed E-state index contributed by atoms with van der Waals surface area (Å²) in [6, 6.07) is 8.56. The van der Waals surface area contributed by atoms with Crippen molar-refractivity contribution in [3.63, 3.8) is 0 Å². The lowest BCUT2D eigenvalue weighted by Gasteiger charge is -2.54. The van der Waals surface area contributed by atoms with Crippen molar-refractivity contribution in [2.45, 2.75) is 69.9 Å². The molecule has 9 heteroatoms. The van der Waals surface area contributed by atoms with Gasteiger partial charge in [-0.3, -0.25) is 9.88 Å². The maximum atomic E-state index is 14.0. The van der Waals surface area contributed by atoms with Gasteiger partial charge in [-0.05, 0) is 95.3 Å². The monoisotopic (exact) mass is 489 g/mol. The van der Waals surface area contributed by atoms with E-state index in [-0.39, 0.29) is 24.3 Å². The molecule has 4 heterocycles. The molecule has 2 saturated carbocycles. The highest BCUT2D eigenvalue weighted by Crippen LogP contribution is 2.60. The fourth-order valence-electron chi connectivity index (χ4n) is 6.71. The minimum atomic E-state index is -2.53. The molecule has 3 aliphatic rings. The zero-order valence-corrected chi connectivity index (χ0v) is 20.3. The third kappa shape index (κ3) is 3.72. The molecule has 4 aromatic rings. The number of hydrogen-bond donors (Lipinski definition) is 2. The molecule has 2 aliphatic carbocycles. The van der Waals surface area contributed by atoms with Crippen molar-refractivity contribution in [1.82, 2.24) is 35.5 Å². The van der Waals surface area contributed by atoms with E-state index in [1.807, 2.05) is 18.5 Å². The molecule has 3 aromatic heterocycles. The van der Waals surface area contributed by atoms with Crippen LogP contribution in [0.5, 0.6) is 0 Å². The molecule has 3 fully saturated rings. The van der Waals surface area contributed by atoms with Crippen molar-refractivity contribution >= 4 is 10.9 Å². The van der Waals surface area contributed by atoms with Gasteiger partial charge < -0.3 is 4.98 Å². The number of alkyl halides is 2. The van der Waals surface area contributed by atoms with E-state index in [9.17, 15) is 8.78 Å². The number of tetrazole rings is 1. The molecule has 0 bridgehead atoms. The first-order chi connectivity index (χ1) is 17.4. The number of halogens is 2. The highest BCUT2D eigenvalue weighted by Gasteiger charge is 2.58. The van der Waals surface area contributed by atoms with E-state index in [1.54, 1.807) is 0 Å². The van der Waals surface area contributed by atoms with Gasteiger partial charge in [0.2, 0.25) is 5.92 Å². The Morgan fingerprint density at radius 1 is 1.17 bits per heavy atom. The van der Waals surface area contributed by atoms with E-state index in [1.165, 1.54) is 40.4 Å². The van der Waals surface area contributed by atoms with Crippen LogP contribution in [0.25, 0.3) is 22.4 Å². The van der Waals surface area contributed by atoms with Gasteiger partial charge in [-0.15, -0.1) is 5.10 Å². The fraction of sp³-hybridized carbons (Fsp3) is 0.481. The Morgan fingerprint density at radius 2 is 2.03 bits per heavy atom. The quantitative estimate of drug-likeness (QED) is 0.377. The summed E-state index contributed by atoms with van der Waals surface area (Å²) in [6.45, 7) is 3.79. The summed E-state index contributed by atoms with van der Waals surface area (Å²) in [6.07, 6.45) is 7.92. The highest BCUT2D eigenvalue weighted by molar-refractivity contribution is 5.87. The number of nitrogens with zero attached hydrogens (tertiary/aromatic N) is 5. The van der Waals surface area contributed by atoms with Crippen LogP contribution in [0.2, 0.25) is 0 Å². The Kier molecular flexibility index (Phi) is 4.83. The number of aromatic nitrogens is 6. The lowest BCUT2D eigenvalue weighted by molar-refractivity contribution is -0.186. The second-order valence-electron chi connectivity index (χ2n) is 11.2. The summed E-state index contributed by atoms with van der Waals surface area (Å²) in [4.78, 5) is 10.5. The first-order valence-corrected chi connectivity index (χ1v) is 12.8. The third-order valence-corrected chi connectivity index (χ3v) is 8.59. The van der Waals surface area contributed by atoms with E-state index in [2.05, 4.69) is 60.6 Å². The SMILES string of the molecule is Cc1cc(C2CC2)c(CN2CCC3(CC2c2ccc(-c4nnn[nH]4)nc2)CC(F)(F)C3)c2cc[nH]c12. The van der Waals surface area contributed by atoms with Crippen LogP contribution in [0.4, 0.5) is 8.78 Å². The number of likely N-dealkylation sites (tertiary alicyclic amines) is 1. The molecule has 0 radical (unpaired) electrons. The first-order valence-electron chi connectivity index (χ1n) is 12.8. The van der Waals surface area contributed by atoms with E-state index in [0.29, 0.717) is 17.4 Å². The lowest BCUT2D eigenvalue weighted by atomic mass is 9.59. The number of aryl methyl sites for hydroxylation is 1. The zero-order chi connectivity index (χ0) is 24.5. The number of hydrogen-bond acceptors (Lipinski definition) is 5. The van der Waals surface area contributed by atoms with Gasteiger partial charge in [-0.25, -0.2) is 13.9 Å². The Balaban J connectivity index is 1.25. The summed E-state index contributed by atoms with van der Waals surface area (Å²) in [7, 11) is 0. The van der Waals surface area contributed by atoms with Crippen LogP contribution in [-0.4, -0.2) is 48.0 Å². The minimum absolute atomic E-state index is 0.000498. The normalized spacial score (nSPS) is 23.2. The maximum absolute atomic E-state index is 14.0. The summed E-state index contributed by atoms with van der Waals surface area (Å²) < 4.78 is 28.0. The summed E-state index contributed by atoms with van der Waals surface area (Å²) in [5.74, 6) is -1.38. The predicted molar refractivity (Wildman–Crippen MR) is 131 cm³/mol. The van der Waals surface area contributed by atoms with Gasteiger partial charge in [0.25, 0.3) is 0 Å². The van der Waals surface area contributed by atoms with E-state index in [0.717, 1.165) is 31.5 Å². The summed E-state index contributed by atoms with van der Waals surface area (Å²) in [5, 5.41) is 15.2. The molecule has 36 heavy (non-hydrogen) atoms. The van der Waals surface area contributed by atoms with Gasteiger partial charge in [0.15, 0.2) is 5.82 Å². The Labute approximate surface area is 207 Å². The Morgan fingerprint density at radius 3 is 2.72 bits per heavy atom. The highest BCUT2D eigenvalue weighted by atomic mass is 19.3. The van der Waals surface area contributed by atoms with E-state index >= 15 is 0 Å². The molecule has 186 valence electrons. The van der Waals surface area contributed by atoms with Crippen molar-refractivity contribution in [2.24, 2.45) is 5.41 Å². The molecule has 1 spiro atoms. The van der Waals surface area contributed by atoms with Crippen molar-refractivity contribution in [3.05, 3.63) is 58.9 Å². The molecule has 1 aromatic carbocycles. The van der Waals surface area contributed by atoms with Crippen LogP contribution < -0.4 is 0 Å². The van der Waals surface area contributed by atoms with Gasteiger partial charge in [-0.1, -0.05) is 12.1 Å². The molecule has 1 saturated heterocycles. The molecule has 1 aliphatic heterocycles. The van der Waals surface area contributed by atoms with Crippen LogP contribution in [0.3, 0.4) is 0 Å². The molecule has 1 unspecified atom stereocenters. The van der Waals surface area contributed by atoms with Crippen LogP contribution in [0.1, 0.15) is 72.7 Å². The number of rotatable bonds is 5. The maximum Gasteiger partial charge on any atom is 0.249 e. The van der Waals surface area contributed by atoms with Gasteiger partial charge in [0.1, 0.15) is 5.69 Å². The lowest BCUT2D eigenvalue weighted by Crippen LogP contribution is -2.53. The van der Waals surface area contributed by atoms with Crippen molar-refractivity contribution < 1.29 is 8.78 Å². The second-order valence-corrected chi connectivity index (χ2v) is 11.2. The average molecular weight is 490 g/mol. The van der Waals surface area contributed by atoms with Crippen LogP contribution >= 0.6 is 0 Å². The smallest absolute Gasteiger partial charge is 0.249 e. The standard InChI is InChI=1S/C27H29F2N7/c1-16-10-20(17-2-3-17)21(19-6-8-30-24(16)19)13-36-9-7-26(14-27(28,29)15-26)11-23(36)18-4-5-22(31-12-18)25-32-34-35-33-25/h4-6,8,10,12,17,23,30H,2-3,7,9,11,13-15H2,1H3,(H,32,33,34,35). The molecule has 7 rings (SSSR count). The number of piperidine rings is 1. The second kappa shape index (κ2) is 7.90. The number of fused-ring (bicyclic) bond motifs is 1. The molecule has 2 N–H and O–H groups in total. The van der Waals surface area contributed by atoms with Crippen LogP contribution in [0.15, 0.2) is 36.7 Å². The Hall–Kier alpha value is -3.20. The predicted octanol–water partition coefficient (Wildman–Crippen LogP) is 5.68. The van der Waals surface area contributed by atoms with Gasteiger partial charge >= 0.3 is 0 Å². The fourth-order valence-corrected chi connectivity index (χ4v) is 6.71. The average Bonchev–Trinajstić information content (AvgIpc) is 3.31. The zero-order valence-electron chi connectivity index (χ0n) is 20.3. The van der Waals surface area contributed by atoms with E-state index in [4.69, 9.17) is 0 Å². The molecule has 7 nitrogen and oxygen atoms in total. The summed E-state index contributed by atoms with van der Waals surface area (Å²) in [5.41, 5.74) is 6.77. The molecule has 0 amide bonds. The van der Waals surface area contributed by atoms with E-state index < -0.39 is 5.92 Å². The first kappa shape index (κ1) is 22.0. The van der Waals surface area contributed by atoms with Crippen molar-refractivity contribution in [2.75, 3.05) is 6.54 Å². The molecule has 1 atom stereocenters. The number of H-pyrrole nitrogens is 2. The number of nitrogens with one attached hydrogen (secondary N) is 2. The topological polar surface area (TPSA) is 86.4 Å². The minimum Gasteiger partial charge on any atom is -0.361 e. The number of benzene rings is 1. The van der Waals surface area contributed by atoms with Crippen molar-refractivity contribution in [3.8, 4) is 11.5 Å². The summed E-state index contributed by atoms with van der Waals surface area (Å²) >= 11 is 0. The number of pyridine rings is 1. The Bertz CT molecular complexity index is 1400. The van der Waals surface area contributed by atoms with Crippen LogP contribution in [0, 0.1) is 12.3 Å². The van der Waals surface area contributed by atoms with Gasteiger partial charge in [-0.2, -0.15) is 0 Å². The largest absolute Gasteiger partial charge is 0.361 e.